The fourth-order valence-electron chi connectivity index (χ4n) is 6.01. The van der Waals surface area contributed by atoms with Crippen LogP contribution in [0.1, 0.15) is 56.9 Å². The van der Waals surface area contributed by atoms with E-state index in [1.54, 1.807) is 18.4 Å². The molecule has 0 nitrogen and oxygen atoms in total. The van der Waals surface area contributed by atoms with Crippen molar-refractivity contribution in [3.05, 3.63) is 35.9 Å². The molecule has 3 aliphatic rings. The highest BCUT2D eigenvalue weighted by Gasteiger charge is 2.50. The van der Waals surface area contributed by atoms with E-state index in [1.165, 1.54) is 44.9 Å². The Bertz CT molecular complexity index is 413. The maximum absolute atomic E-state index is 2.36. The van der Waals surface area contributed by atoms with Crippen LogP contribution in [-0.4, -0.2) is 0 Å². The second kappa shape index (κ2) is 5.54. The van der Waals surface area contributed by atoms with Crippen LogP contribution >= 0.6 is 0 Å². The molecule has 1 aromatic carbocycles. The van der Waals surface area contributed by atoms with Gasteiger partial charge >= 0.3 is 0 Å². The summed E-state index contributed by atoms with van der Waals surface area (Å²) in [4.78, 5) is 0. The average molecular weight is 268 g/mol. The molecule has 0 bridgehead atoms. The van der Waals surface area contributed by atoms with Gasteiger partial charge in [0.1, 0.15) is 0 Å². The zero-order valence-electron chi connectivity index (χ0n) is 12.6. The number of benzene rings is 1. The van der Waals surface area contributed by atoms with Crippen molar-refractivity contribution in [2.45, 2.75) is 57.8 Å². The van der Waals surface area contributed by atoms with Gasteiger partial charge in [0.05, 0.1) is 0 Å². The first kappa shape index (κ1) is 12.9. The lowest BCUT2D eigenvalue weighted by molar-refractivity contribution is 0.184. The van der Waals surface area contributed by atoms with Gasteiger partial charge in [-0.1, -0.05) is 56.0 Å². The van der Waals surface area contributed by atoms with Crippen LogP contribution in [0.25, 0.3) is 0 Å². The molecule has 3 aliphatic carbocycles. The highest BCUT2D eigenvalue weighted by atomic mass is 14.5. The Hall–Kier alpha value is -0.780. The molecule has 108 valence electrons. The Morgan fingerprint density at radius 1 is 0.650 bits per heavy atom. The molecule has 0 heteroatoms. The summed E-state index contributed by atoms with van der Waals surface area (Å²) in [5, 5.41) is 0. The van der Waals surface area contributed by atoms with Crippen molar-refractivity contribution in [3.8, 4) is 0 Å². The van der Waals surface area contributed by atoms with Gasteiger partial charge in [-0.3, -0.25) is 0 Å². The van der Waals surface area contributed by atoms with E-state index in [-0.39, 0.29) is 0 Å². The number of hydrogen-bond donors (Lipinski definition) is 0. The molecule has 0 radical (unpaired) electrons. The van der Waals surface area contributed by atoms with Gasteiger partial charge in [0, 0.05) is 0 Å². The van der Waals surface area contributed by atoms with Crippen LogP contribution in [-0.2, 0) is 6.42 Å². The summed E-state index contributed by atoms with van der Waals surface area (Å²) in [6.45, 7) is 0. The van der Waals surface area contributed by atoms with Crippen LogP contribution in [0.4, 0.5) is 0 Å². The van der Waals surface area contributed by atoms with Crippen molar-refractivity contribution in [2.75, 3.05) is 0 Å². The molecular weight excluding hydrogens is 240 g/mol. The Kier molecular flexibility index (Phi) is 3.58. The molecule has 0 aliphatic heterocycles. The minimum absolute atomic E-state index is 1.01. The summed E-state index contributed by atoms with van der Waals surface area (Å²) in [7, 11) is 0. The van der Waals surface area contributed by atoms with Crippen molar-refractivity contribution >= 4 is 0 Å². The topological polar surface area (TPSA) is 0 Å². The Labute approximate surface area is 124 Å². The van der Waals surface area contributed by atoms with Gasteiger partial charge < -0.3 is 0 Å². The first-order chi connectivity index (χ1) is 9.93. The molecule has 0 N–H and O–H groups in total. The summed E-state index contributed by atoms with van der Waals surface area (Å²) >= 11 is 0. The third-order valence-electron chi connectivity index (χ3n) is 6.71. The fraction of sp³-hybridized carbons (Fsp3) is 0.700. The van der Waals surface area contributed by atoms with Gasteiger partial charge in [0.25, 0.3) is 0 Å². The molecule has 0 heterocycles. The van der Waals surface area contributed by atoms with E-state index in [0.29, 0.717) is 0 Å². The lowest BCUT2D eigenvalue weighted by Gasteiger charge is -2.32. The van der Waals surface area contributed by atoms with E-state index in [2.05, 4.69) is 30.3 Å². The van der Waals surface area contributed by atoms with E-state index >= 15 is 0 Å². The SMILES string of the molecule is c1ccc(CC2C3CCCCC3C3CCCCC32)cc1. The van der Waals surface area contributed by atoms with E-state index in [4.69, 9.17) is 0 Å². The van der Waals surface area contributed by atoms with Crippen LogP contribution in [0, 0.1) is 29.6 Å². The van der Waals surface area contributed by atoms with E-state index in [1.807, 2.05) is 0 Å². The largest absolute Gasteiger partial charge is 0.0622 e. The molecular formula is C20H28. The lowest BCUT2D eigenvalue weighted by Crippen LogP contribution is -2.22. The van der Waals surface area contributed by atoms with E-state index in [0.717, 1.165) is 29.6 Å². The van der Waals surface area contributed by atoms with Crippen molar-refractivity contribution < 1.29 is 0 Å². The van der Waals surface area contributed by atoms with Crippen LogP contribution < -0.4 is 0 Å². The minimum Gasteiger partial charge on any atom is -0.0622 e. The summed E-state index contributed by atoms with van der Waals surface area (Å²) in [5.41, 5.74) is 1.59. The highest BCUT2D eigenvalue weighted by Crippen LogP contribution is 2.57. The third-order valence-corrected chi connectivity index (χ3v) is 6.71. The second-order valence-corrected chi connectivity index (χ2v) is 7.58. The summed E-state index contributed by atoms with van der Waals surface area (Å²) in [5.74, 6) is 5.34. The Morgan fingerprint density at radius 3 is 1.70 bits per heavy atom. The van der Waals surface area contributed by atoms with Gasteiger partial charge in [-0.2, -0.15) is 0 Å². The smallest absolute Gasteiger partial charge is 0.0245 e. The van der Waals surface area contributed by atoms with Gasteiger partial charge in [-0.05, 0) is 67.3 Å². The van der Waals surface area contributed by atoms with Crippen LogP contribution in [0.3, 0.4) is 0 Å². The highest BCUT2D eigenvalue weighted by molar-refractivity contribution is 5.17. The van der Waals surface area contributed by atoms with Crippen molar-refractivity contribution in [1.82, 2.24) is 0 Å². The van der Waals surface area contributed by atoms with E-state index < -0.39 is 0 Å². The predicted molar refractivity (Wildman–Crippen MR) is 84.5 cm³/mol. The molecule has 0 aromatic heterocycles. The Morgan fingerprint density at radius 2 is 1.15 bits per heavy atom. The zero-order valence-corrected chi connectivity index (χ0v) is 12.6. The lowest BCUT2D eigenvalue weighted by atomic mass is 9.73. The summed E-state index contributed by atoms with van der Waals surface area (Å²) < 4.78 is 0. The van der Waals surface area contributed by atoms with Crippen molar-refractivity contribution in [2.24, 2.45) is 29.6 Å². The van der Waals surface area contributed by atoms with E-state index in [9.17, 15) is 0 Å². The monoisotopic (exact) mass is 268 g/mol. The minimum atomic E-state index is 1.01. The van der Waals surface area contributed by atoms with Crippen LogP contribution in [0.15, 0.2) is 30.3 Å². The number of fused-ring (bicyclic) bond motifs is 3. The first-order valence-corrected chi connectivity index (χ1v) is 8.97. The molecule has 4 rings (SSSR count). The molecule has 0 amide bonds. The fourth-order valence-corrected chi connectivity index (χ4v) is 6.01. The van der Waals surface area contributed by atoms with Gasteiger partial charge in [-0.15, -0.1) is 0 Å². The molecule has 4 atom stereocenters. The quantitative estimate of drug-likeness (QED) is 0.667. The second-order valence-electron chi connectivity index (χ2n) is 7.58. The molecule has 3 fully saturated rings. The average Bonchev–Trinajstić information content (AvgIpc) is 2.84. The zero-order chi connectivity index (χ0) is 13.4. The summed E-state index contributed by atoms with van der Waals surface area (Å²) in [6, 6.07) is 11.3. The third kappa shape index (κ3) is 2.22. The normalized spacial score (nSPS) is 40.1. The standard InChI is InChI=1S/C20H28/c1-2-8-15(9-3-1)14-20-18-12-6-4-10-16(18)17-11-5-7-13-19(17)20/h1-3,8-9,16-20H,4-7,10-14H2. The van der Waals surface area contributed by atoms with Gasteiger partial charge in [-0.25, -0.2) is 0 Å². The molecule has 0 saturated heterocycles. The maximum atomic E-state index is 2.36. The van der Waals surface area contributed by atoms with Gasteiger partial charge in [0.2, 0.25) is 0 Å². The molecule has 1 aromatic rings. The number of rotatable bonds is 2. The Balaban J connectivity index is 1.59. The van der Waals surface area contributed by atoms with Crippen LogP contribution in [0.2, 0.25) is 0 Å². The molecule has 20 heavy (non-hydrogen) atoms. The summed E-state index contributed by atoms with van der Waals surface area (Å²) in [6.07, 6.45) is 13.6. The van der Waals surface area contributed by atoms with Crippen molar-refractivity contribution in [1.29, 1.82) is 0 Å². The molecule has 4 unspecified atom stereocenters. The number of hydrogen-bond acceptors (Lipinski definition) is 0. The maximum Gasteiger partial charge on any atom is -0.0245 e. The predicted octanol–water partition coefficient (Wildman–Crippen LogP) is 5.47. The first-order valence-electron chi connectivity index (χ1n) is 8.97. The van der Waals surface area contributed by atoms with Crippen molar-refractivity contribution in [3.63, 3.8) is 0 Å². The van der Waals surface area contributed by atoms with Crippen LogP contribution in [0.5, 0.6) is 0 Å². The molecule has 0 spiro atoms. The molecule has 3 saturated carbocycles. The van der Waals surface area contributed by atoms with Gasteiger partial charge in [0.15, 0.2) is 0 Å².